The molecule has 0 spiro atoms. The number of fused-ring (bicyclic) bond motifs is 4. The number of methoxy groups -OCH3 is 1. The summed E-state index contributed by atoms with van der Waals surface area (Å²) in [5.74, 6) is 1.81. The predicted octanol–water partition coefficient (Wildman–Crippen LogP) is 2.70. The fourth-order valence-corrected chi connectivity index (χ4v) is 3.66. The predicted molar refractivity (Wildman–Crippen MR) is 64.7 cm³/mol. The van der Waals surface area contributed by atoms with Crippen LogP contribution in [0.1, 0.15) is 30.7 Å². The van der Waals surface area contributed by atoms with E-state index in [4.69, 9.17) is 4.74 Å². The third-order valence-corrected chi connectivity index (χ3v) is 4.32. The number of benzene rings is 1. The molecule has 2 fully saturated rings. The average Bonchev–Trinajstić information content (AvgIpc) is 2.91. The summed E-state index contributed by atoms with van der Waals surface area (Å²) in [7, 11) is 1.75. The van der Waals surface area contributed by atoms with Crippen molar-refractivity contribution in [2.75, 3.05) is 12.0 Å². The van der Waals surface area contributed by atoms with E-state index in [9.17, 15) is 0 Å². The molecule has 3 heteroatoms. The first kappa shape index (κ1) is 9.97. The Morgan fingerprint density at radius 1 is 1.31 bits per heavy atom. The monoisotopic (exact) mass is 218 g/mol. The van der Waals surface area contributed by atoms with Crippen LogP contribution < -0.4 is 15.8 Å². The SMILES string of the molecule is COc1ccc2c(c1)C1CCCC3C1N23.N. The van der Waals surface area contributed by atoms with Gasteiger partial charge in [0.25, 0.3) is 0 Å². The van der Waals surface area contributed by atoms with Gasteiger partial charge in [0.2, 0.25) is 0 Å². The molecule has 1 saturated heterocycles. The second-order valence-corrected chi connectivity index (χ2v) is 4.93. The lowest BCUT2D eigenvalue weighted by molar-refractivity contribution is 0.413. The van der Waals surface area contributed by atoms with Crippen molar-refractivity contribution in [3.05, 3.63) is 23.8 Å². The van der Waals surface area contributed by atoms with Crippen molar-refractivity contribution in [2.45, 2.75) is 37.3 Å². The summed E-state index contributed by atoms with van der Waals surface area (Å²) in [5.41, 5.74) is 3.02. The van der Waals surface area contributed by atoms with E-state index in [0.29, 0.717) is 0 Å². The molecule has 0 amide bonds. The number of hydrogen-bond acceptors (Lipinski definition) is 3. The maximum Gasteiger partial charge on any atom is 0.119 e. The van der Waals surface area contributed by atoms with E-state index in [0.717, 1.165) is 23.8 Å². The Balaban J connectivity index is 0.000000810. The molecule has 1 saturated carbocycles. The number of nitrogens with zero attached hydrogens (tertiary/aromatic N) is 1. The number of ether oxygens (including phenoxy) is 1. The molecule has 0 radical (unpaired) electrons. The highest BCUT2D eigenvalue weighted by Crippen LogP contribution is 2.59. The maximum absolute atomic E-state index is 5.31. The summed E-state index contributed by atoms with van der Waals surface area (Å²) in [6.45, 7) is 0. The molecule has 0 aromatic heterocycles. The Bertz CT molecular complexity index is 432. The zero-order valence-corrected chi connectivity index (χ0v) is 9.65. The van der Waals surface area contributed by atoms with Gasteiger partial charge in [-0.3, -0.25) is 0 Å². The van der Waals surface area contributed by atoms with Crippen LogP contribution in [0.15, 0.2) is 18.2 Å². The van der Waals surface area contributed by atoms with Crippen molar-refractivity contribution in [3.8, 4) is 5.75 Å². The molecule has 3 N–H and O–H groups in total. The summed E-state index contributed by atoms with van der Waals surface area (Å²) in [4.78, 5) is 2.62. The van der Waals surface area contributed by atoms with Gasteiger partial charge in [0.15, 0.2) is 0 Å². The van der Waals surface area contributed by atoms with Crippen molar-refractivity contribution < 1.29 is 4.74 Å². The van der Waals surface area contributed by atoms with Crippen LogP contribution in [0.2, 0.25) is 0 Å². The van der Waals surface area contributed by atoms with Crippen LogP contribution in [0.5, 0.6) is 5.75 Å². The van der Waals surface area contributed by atoms with E-state index in [1.807, 2.05) is 0 Å². The van der Waals surface area contributed by atoms with E-state index < -0.39 is 0 Å². The zero-order valence-electron chi connectivity index (χ0n) is 9.65. The van der Waals surface area contributed by atoms with Gasteiger partial charge in [-0.05, 0) is 36.6 Å². The number of rotatable bonds is 1. The summed E-state index contributed by atoms with van der Waals surface area (Å²) in [6.07, 6.45) is 4.18. The molecular formula is C13H18N2O. The normalized spacial score (nSPS) is 32.6. The van der Waals surface area contributed by atoms with Gasteiger partial charge in [-0.1, -0.05) is 6.42 Å². The van der Waals surface area contributed by atoms with Crippen molar-refractivity contribution in [2.24, 2.45) is 0 Å². The molecule has 1 aliphatic carbocycles. The summed E-state index contributed by atoms with van der Waals surface area (Å²) in [5, 5.41) is 0. The first-order chi connectivity index (χ1) is 7.40. The van der Waals surface area contributed by atoms with Crippen molar-refractivity contribution in [1.29, 1.82) is 0 Å². The standard InChI is InChI=1S/C13H15NO.H3N/c1-15-8-5-6-11-10(7-8)9-3-2-4-12-13(9)14(11)12;/h5-7,9,12-13H,2-4H2,1H3;1H3. The quantitative estimate of drug-likeness (QED) is 0.737. The van der Waals surface area contributed by atoms with Gasteiger partial charge in [0.1, 0.15) is 5.75 Å². The third-order valence-electron chi connectivity index (χ3n) is 4.32. The molecule has 2 aliphatic heterocycles. The summed E-state index contributed by atoms with van der Waals surface area (Å²) in [6, 6.07) is 8.31. The highest BCUT2D eigenvalue weighted by molar-refractivity contribution is 5.72. The third kappa shape index (κ3) is 1.02. The summed E-state index contributed by atoms with van der Waals surface area (Å²) >= 11 is 0. The Hall–Kier alpha value is -1.22. The number of anilines is 1. The second-order valence-electron chi connectivity index (χ2n) is 4.93. The van der Waals surface area contributed by atoms with Gasteiger partial charge >= 0.3 is 0 Å². The average molecular weight is 218 g/mol. The summed E-state index contributed by atoms with van der Waals surface area (Å²) < 4.78 is 5.31. The van der Waals surface area contributed by atoms with Crippen LogP contribution in [-0.2, 0) is 0 Å². The van der Waals surface area contributed by atoms with Gasteiger partial charge in [0, 0.05) is 11.6 Å². The molecule has 3 aliphatic rings. The molecule has 0 bridgehead atoms. The molecule has 3 nitrogen and oxygen atoms in total. The Morgan fingerprint density at radius 3 is 3.00 bits per heavy atom. The van der Waals surface area contributed by atoms with Crippen LogP contribution in [0.3, 0.4) is 0 Å². The van der Waals surface area contributed by atoms with Crippen LogP contribution in [0, 0.1) is 0 Å². The van der Waals surface area contributed by atoms with Crippen LogP contribution in [-0.4, -0.2) is 19.2 Å². The highest BCUT2D eigenvalue weighted by atomic mass is 16.5. The Labute approximate surface area is 96.0 Å². The van der Waals surface area contributed by atoms with Crippen LogP contribution in [0.25, 0.3) is 0 Å². The van der Waals surface area contributed by atoms with Crippen molar-refractivity contribution >= 4 is 5.69 Å². The molecular weight excluding hydrogens is 200 g/mol. The molecule has 3 atom stereocenters. The first-order valence-corrected chi connectivity index (χ1v) is 5.86. The molecule has 3 unspecified atom stereocenters. The second kappa shape index (κ2) is 3.14. The Kier molecular flexibility index (Phi) is 1.96. The van der Waals surface area contributed by atoms with E-state index in [2.05, 4.69) is 23.1 Å². The minimum Gasteiger partial charge on any atom is -0.497 e. The lowest BCUT2D eigenvalue weighted by Crippen LogP contribution is -2.14. The van der Waals surface area contributed by atoms with Crippen molar-refractivity contribution in [3.63, 3.8) is 0 Å². The van der Waals surface area contributed by atoms with E-state index >= 15 is 0 Å². The highest BCUT2D eigenvalue weighted by Gasteiger charge is 2.59. The molecule has 4 rings (SSSR count). The smallest absolute Gasteiger partial charge is 0.119 e. The fraction of sp³-hybridized carbons (Fsp3) is 0.538. The zero-order chi connectivity index (χ0) is 9.99. The van der Waals surface area contributed by atoms with Gasteiger partial charge < -0.3 is 15.8 Å². The molecule has 16 heavy (non-hydrogen) atoms. The molecule has 1 aromatic rings. The van der Waals surface area contributed by atoms with Gasteiger partial charge in [-0.25, -0.2) is 0 Å². The topological polar surface area (TPSA) is 47.2 Å². The molecule has 1 aromatic carbocycles. The lowest BCUT2D eigenvalue weighted by atomic mass is 9.84. The maximum atomic E-state index is 5.31. The fourth-order valence-electron chi connectivity index (χ4n) is 3.66. The van der Waals surface area contributed by atoms with Crippen molar-refractivity contribution in [1.82, 2.24) is 6.15 Å². The van der Waals surface area contributed by atoms with Crippen LogP contribution >= 0.6 is 0 Å². The lowest BCUT2D eigenvalue weighted by Gasteiger charge is -2.20. The van der Waals surface area contributed by atoms with E-state index in [1.54, 1.807) is 7.11 Å². The minimum atomic E-state index is 0. The van der Waals surface area contributed by atoms with E-state index in [1.165, 1.54) is 30.5 Å². The van der Waals surface area contributed by atoms with E-state index in [-0.39, 0.29) is 6.15 Å². The van der Waals surface area contributed by atoms with Gasteiger partial charge in [0.05, 0.1) is 19.2 Å². The van der Waals surface area contributed by atoms with Gasteiger partial charge in [-0.2, -0.15) is 0 Å². The number of hydrogen-bond donors (Lipinski definition) is 1. The minimum absolute atomic E-state index is 0. The first-order valence-electron chi connectivity index (χ1n) is 5.86. The van der Waals surface area contributed by atoms with Crippen LogP contribution in [0.4, 0.5) is 5.69 Å². The van der Waals surface area contributed by atoms with Gasteiger partial charge in [-0.15, -0.1) is 0 Å². The molecule has 2 heterocycles. The largest absolute Gasteiger partial charge is 0.497 e. The molecule has 86 valence electrons. The Morgan fingerprint density at radius 2 is 2.19 bits per heavy atom.